The maximum absolute atomic E-state index is 11.1. The highest BCUT2D eigenvalue weighted by Crippen LogP contribution is 2.24. The molecule has 2 heterocycles. The highest BCUT2D eigenvalue weighted by atomic mass is 35.5. The average molecular weight is 310 g/mol. The molecule has 0 unspecified atom stereocenters. The molecule has 0 bridgehead atoms. The van der Waals surface area contributed by atoms with Crippen molar-refractivity contribution in [2.24, 2.45) is 0 Å². The fourth-order valence-corrected chi connectivity index (χ4v) is 2.27. The third-order valence-corrected chi connectivity index (χ3v) is 3.49. The van der Waals surface area contributed by atoms with Gasteiger partial charge in [-0.1, -0.05) is 5.21 Å². The molecule has 0 atom stereocenters. The second kappa shape index (κ2) is 6.62. The van der Waals surface area contributed by atoms with E-state index in [2.05, 4.69) is 15.3 Å². The zero-order chi connectivity index (χ0) is 15.4. The first-order valence-electron chi connectivity index (χ1n) is 6.57. The van der Waals surface area contributed by atoms with Crippen molar-refractivity contribution in [3.8, 4) is 0 Å². The Hall–Kier alpha value is -2.02. The van der Waals surface area contributed by atoms with Crippen molar-refractivity contribution in [1.82, 2.24) is 20.0 Å². The van der Waals surface area contributed by atoms with Gasteiger partial charge in [0.1, 0.15) is 0 Å². The summed E-state index contributed by atoms with van der Waals surface area (Å²) in [5, 5.41) is 19.2. The number of hydrogen-bond acceptors (Lipinski definition) is 5. The van der Waals surface area contributed by atoms with E-state index in [0.29, 0.717) is 29.2 Å². The topological polar surface area (TPSA) is 86.7 Å². The van der Waals surface area contributed by atoms with E-state index in [1.54, 1.807) is 18.5 Å². The number of aryl methyl sites for hydroxylation is 2. The van der Waals surface area contributed by atoms with Crippen LogP contribution in [-0.2, 0) is 13.0 Å². The summed E-state index contributed by atoms with van der Waals surface area (Å²) in [7, 11) is 0. The van der Waals surface area contributed by atoms with E-state index in [0.717, 1.165) is 18.5 Å². The lowest BCUT2D eigenvalue weighted by molar-refractivity contribution is -0.386. The smallest absolute Gasteiger partial charge is 0.258 e. The van der Waals surface area contributed by atoms with Crippen molar-refractivity contribution in [2.75, 3.05) is 5.88 Å². The van der Waals surface area contributed by atoms with Crippen LogP contribution in [0.2, 0.25) is 0 Å². The van der Waals surface area contributed by atoms with Crippen molar-refractivity contribution in [3.05, 3.63) is 45.0 Å². The number of aromatic nitrogens is 4. The normalized spacial score (nSPS) is 10.8. The van der Waals surface area contributed by atoms with Crippen molar-refractivity contribution in [2.45, 2.75) is 33.2 Å². The van der Waals surface area contributed by atoms with E-state index in [-0.39, 0.29) is 10.6 Å². The number of hydrogen-bond donors (Lipinski definition) is 0. The minimum absolute atomic E-state index is 0.113. The molecule has 0 aliphatic carbocycles. The van der Waals surface area contributed by atoms with Crippen molar-refractivity contribution >= 4 is 17.3 Å². The van der Waals surface area contributed by atoms with E-state index < -0.39 is 0 Å². The van der Waals surface area contributed by atoms with E-state index in [1.165, 1.54) is 6.20 Å². The zero-order valence-electron chi connectivity index (χ0n) is 11.9. The number of nitrogens with zero attached hydrogens (tertiary/aromatic N) is 5. The Balaban J connectivity index is 2.22. The summed E-state index contributed by atoms with van der Waals surface area (Å²) < 4.78 is 1.64. The van der Waals surface area contributed by atoms with Gasteiger partial charge in [-0.2, -0.15) is 0 Å². The van der Waals surface area contributed by atoms with Gasteiger partial charge in [0.2, 0.25) is 0 Å². The molecule has 8 heteroatoms. The Morgan fingerprint density at radius 3 is 2.86 bits per heavy atom. The molecule has 112 valence electrons. The standard InChI is InChI=1S/C13H16ClN5O2/c1-9-6-15-12(10(2)13(9)19(20)21)8-18-7-11(16-17-18)4-3-5-14/h6-7H,3-5,8H2,1-2H3. The molecule has 7 nitrogen and oxygen atoms in total. The van der Waals surface area contributed by atoms with Crippen molar-refractivity contribution in [1.29, 1.82) is 0 Å². The molecule has 0 amide bonds. The first kappa shape index (κ1) is 15.4. The van der Waals surface area contributed by atoms with Crippen LogP contribution in [0.5, 0.6) is 0 Å². The van der Waals surface area contributed by atoms with Gasteiger partial charge in [-0.15, -0.1) is 16.7 Å². The largest absolute Gasteiger partial charge is 0.278 e. The first-order valence-corrected chi connectivity index (χ1v) is 7.10. The van der Waals surface area contributed by atoms with E-state index >= 15 is 0 Å². The molecule has 0 radical (unpaired) electrons. The van der Waals surface area contributed by atoms with Gasteiger partial charge in [0.25, 0.3) is 5.69 Å². The lowest BCUT2D eigenvalue weighted by Crippen LogP contribution is -2.07. The van der Waals surface area contributed by atoms with Gasteiger partial charge >= 0.3 is 0 Å². The van der Waals surface area contributed by atoms with Crippen LogP contribution in [0.3, 0.4) is 0 Å². The van der Waals surface area contributed by atoms with Gasteiger partial charge in [0, 0.05) is 23.8 Å². The van der Waals surface area contributed by atoms with Crippen molar-refractivity contribution < 1.29 is 4.92 Å². The molecule has 2 rings (SSSR count). The molecule has 0 spiro atoms. The highest BCUT2D eigenvalue weighted by molar-refractivity contribution is 6.17. The number of halogens is 1. The van der Waals surface area contributed by atoms with Crippen LogP contribution in [0.4, 0.5) is 5.69 Å². The molecule has 0 aliphatic rings. The molecule has 0 aliphatic heterocycles. The van der Waals surface area contributed by atoms with E-state index in [1.807, 2.05) is 6.20 Å². The third-order valence-electron chi connectivity index (χ3n) is 3.22. The molecule has 0 saturated carbocycles. The van der Waals surface area contributed by atoms with Gasteiger partial charge in [-0.3, -0.25) is 15.1 Å². The van der Waals surface area contributed by atoms with Gasteiger partial charge in [0.05, 0.1) is 28.4 Å². The van der Waals surface area contributed by atoms with E-state index in [4.69, 9.17) is 11.6 Å². The molecule has 0 N–H and O–H groups in total. The third kappa shape index (κ3) is 3.55. The molecule has 0 saturated heterocycles. The first-order chi connectivity index (χ1) is 10.0. The summed E-state index contributed by atoms with van der Waals surface area (Å²) in [6.45, 7) is 3.75. The lowest BCUT2D eigenvalue weighted by atomic mass is 10.1. The molecule has 2 aromatic heterocycles. The number of pyridine rings is 1. The van der Waals surface area contributed by atoms with Gasteiger partial charge in [0.15, 0.2) is 0 Å². The lowest BCUT2D eigenvalue weighted by Gasteiger charge is -2.07. The van der Waals surface area contributed by atoms with Gasteiger partial charge in [-0.05, 0) is 26.7 Å². The highest BCUT2D eigenvalue weighted by Gasteiger charge is 2.19. The predicted octanol–water partition coefficient (Wildman–Crippen LogP) is 2.42. The summed E-state index contributed by atoms with van der Waals surface area (Å²) in [6, 6.07) is 0. The monoisotopic (exact) mass is 309 g/mol. The van der Waals surface area contributed by atoms with Crippen molar-refractivity contribution in [3.63, 3.8) is 0 Å². The molecule has 2 aromatic rings. The minimum Gasteiger partial charge on any atom is -0.258 e. The van der Waals surface area contributed by atoms with Crippen LogP contribution in [0, 0.1) is 24.0 Å². The maximum atomic E-state index is 11.1. The second-order valence-electron chi connectivity index (χ2n) is 4.82. The van der Waals surface area contributed by atoms with Crippen LogP contribution in [0.25, 0.3) is 0 Å². The number of alkyl halides is 1. The molecule has 21 heavy (non-hydrogen) atoms. The summed E-state index contributed by atoms with van der Waals surface area (Å²) in [4.78, 5) is 15.0. The summed E-state index contributed by atoms with van der Waals surface area (Å²) in [6.07, 6.45) is 4.95. The number of nitro groups is 1. The Labute approximate surface area is 127 Å². The quantitative estimate of drug-likeness (QED) is 0.464. The molecular weight excluding hydrogens is 294 g/mol. The fraction of sp³-hybridized carbons (Fsp3) is 0.462. The average Bonchev–Trinajstić information content (AvgIpc) is 2.87. The van der Waals surface area contributed by atoms with Crippen LogP contribution >= 0.6 is 11.6 Å². The Morgan fingerprint density at radius 1 is 1.43 bits per heavy atom. The summed E-state index contributed by atoms with van der Waals surface area (Å²) in [5.74, 6) is 0.581. The Morgan fingerprint density at radius 2 is 2.19 bits per heavy atom. The Kier molecular flexibility index (Phi) is 4.85. The minimum atomic E-state index is -0.372. The fourth-order valence-electron chi connectivity index (χ4n) is 2.14. The predicted molar refractivity (Wildman–Crippen MR) is 78.5 cm³/mol. The Bertz CT molecular complexity index is 656. The van der Waals surface area contributed by atoms with Crippen LogP contribution in [0.15, 0.2) is 12.4 Å². The van der Waals surface area contributed by atoms with Crippen LogP contribution < -0.4 is 0 Å². The molecule has 0 aromatic carbocycles. The van der Waals surface area contributed by atoms with Gasteiger partial charge < -0.3 is 0 Å². The summed E-state index contributed by atoms with van der Waals surface area (Å²) >= 11 is 5.64. The van der Waals surface area contributed by atoms with Gasteiger partial charge in [-0.25, -0.2) is 4.68 Å². The van der Waals surface area contributed by atoms with E-state index in [9.17, 15) is 10.1 Å². The number of rotatable bonds is 6. The summed E-state index contributed by atoms with van der Waals surface area (Å²) in [5.41, 5.74) is 2.72. The maximum Gasteiger partial charge on any atom is 0.278 e. The van der Waals surface area contributed by atoms with Crippen LogP contribution in [0.1, 0.15) is 28.9 Å². The molecule has 0 fully saturated rings. The SMILES string of the molecule is Cc1cnc(Cn2cc(CCCCl)nn2)c(C)c1[N+](=O)[O-]. The molecular formula is C13H16ClN5O2. The second-order valence-corrected chi connectivity index (χ2v) is 5.20. The zero-order valence-corrected chi connectivity index (χ0v) is 12.7. The van der Waals surface area contributed by atoms with Crippen LogP contribution in [-0.4, -0.2) is 30.8 Å².